The van der Waals surface area contributed by atoms with Crippen molar-refractivity contribution in [3.05, 3.63) is 39.5 Å². The van der Waals surface area contributed by atoms with E-state index in [2.05, 4.69) is 5.32 Å². The Morgan fingerprint density at radius 2 is 2.04 bits per heavy atom. The number of hydrogen-bond acceptors (Lipinski definition) is 8. The summed E-state index contributed by atoms with van der Waals surface area (Å²) < 4.78 is 10.2. The Morgan fingerprint density at radius 3 is 2.54 bits per heavy atom. The summed E-state index contributed by atoms with van der Waals surface area (Å²) in [5.41, 5.74) is 5.37. The highest BCUT2D eigenvalue weighted by molar-refractivity contribution is 7.18. The molecule has 146 valence electrons. The van der Waals surface area contributed by atoms with Gasteiger partial charge in [-0.1, -0.05) is 0 Å². The van der Waals surface area contributed by atoms with Crippen molar-refractivity contribution in [3.8, 4) is 6.07 Å². The molecule has 2 amide bonds. The highest BCUT2D eigenvalue weighted by atomic mass is 32.1. The first-order chi connectivity index (χ1) is 13.2. The molecule has 0 aliphatic heterocycles. The summed E-state index contributed by atoms with van der Waals surface area (Å²) in [7, 11) is 4.75. The summed E-state index contributed by atoms with van der Waals surface area (Å²) in [6.45, 7) is 1.52. The van der Waals surface area contributed by atoms with Crippen molar-refractivity contribution in [2.75, 3.05) is 31.4 Å². The maximum absolute atomic E-state index is 12.5. The molecule has 0 saturated heterocycles. The lowest BCUT2D eigenvalue weighted by Gasteiger charge is -2.06. The number of rotatable bonds is 6. The number of nitrogens with one attached hydrogen (secondary N) is 1. The Balaban J connectivity index is 2.38. The van der Waals surface area contributed by atoms with Gasteiger partial charge in [-0.15, -0.1) is 11.3 Å². The van der Waals surface area contributed by atoms with Crippen LogP contribution in [0.25, 0.3) is 6.08 Å². The van der Waals surface area contributed by atoms with E-state index >= 15 is 0 Å². The number of amides is 2. The van der Waals surface area contributed by atoms with Gasteiger partial charge in [-0.25, -0.2) is 4.79 Å². The molecule has 0 atom stereocenters. The smallest absolute Gasteiger partial charge is 0.341 e. The fourth-order valence-electron chi connectivity index (χ4n) is 2.31. The molecule has 2 aromatic rings. The Hall–Kier alpha value is -3.58. The minimum absolute atomic E-state index is 0.0137. The lowest BCUT2D eigenvalue weighted by atomic mass is 10.1. The molecule has 0 aliphatic rings. The van der Waals surface area contributed by atoms with Crippen molar-refractivity contribution < 1.29 is 23.5 Å². The summed E-state index contributed by atoms with van der Waals surface area (Å²) in [5, 5.41) is 11.9. The van der Waals surface area contributed by atoms with E-state index in [0.29, 0.717) is 17.2 Å². The number of anilines is 2. The molecule has 0 aliphatic carbocycles. The first-order valence-electron chi connectivity index (χ1n) is 7.91. The zero-order valence-corrected chi connectivity index (χ0v) is 16.5. The van der Waals surface area contributed by atoms with Crippen molar-refractivity contribution in [1.29, 1.82) is 5.26 Å². The quantitative estimate of drug-likeness (QED) is 0.429. The number of carbonyl (C=O) groups excluding carboxylic acids is 3. The molecule has 3 N–H and O–H groups in total. The molecular formula is C18H18N4O5S. The maximum Gasteiger partial charge on any atom is 0.341 e. The Labute approximate surface area is 165 Å². The van der Waals surface area contributed by atoms with Crippen molar-refractivity contribution in [3.63, 3.8) is 0 Å². The topological polar surface area (TPSA) is 139 Å². The normalized spacial score (nSPS) is 10.9. The van der Waals surface area contributed by atoms with E-state index in [0.717, 1.165) is 11.3 Å². The molecule has 9 nitrogen and oxygen atoms in total. The zero-order valence-electron chi connectivity index (χ0n) is 15.7. The van der Waals surface area contributed by atoms with Gasteiger partial charge in [0.15, 0.2) is 5.88 Å². The molecule has 0 saturated carbocycles. The minimum atomic E-state index is -0.771. The van der Waals surface area contributed by atoms with Crippen molar-refractivity contribution >= 4 is 46.1 Å². The Kier molecular flexibility index (Phi) is 6.22. The fourth-order valence-corrected chi connectivity index (χ4v) is 3.35. The standard InChI is InChI=1S/C18H18N4O5S/c1-9-13(18(25)26-4)17(28-14(9)15(20)23)21-16(24)10(8-19)7-11-5-6-12(27-11)22(2)3/h5-7H,1-4H3,(H2,20,23)(H,21,24). The van der Waals surface area contributed by atoms with Gasteiger partial charge in [-0.3, -0.25) is 9.59 Å². The van der Waals surface area contributed by atoms with Crippen LogP contribution < -0.4 is 16.0 Å². The number of carbonyl (C=O) groups is 3. The van der Waals surface area contributed by atoms with Crippen LogP contribution in [0, 0.1) is 18.3 Å². The van der Waals surface area contributed by atoms with E-state index in [4.69, 9.17) is 14.9 Å². The number of nitrogens with two attached hydrogens (primary N) is 1. The number of nitriles is 1. The predicted molar refractivity (Wildman–Crippen MR) is 104 cm³/mol. The Morgan fingerprint density at radius 1 is 1.36 bits per heavy atom. The van der Waals surface area contributed by atoms with E-state index in [9.17, 15) is 19.6 Å². The summed E-state index contributed by atoms with van der Waals surface area (Å²) in [5.74, 6) is -1.38. The SMILES string of the molecule is COC(=O)c1c(NC(=O)C(C#N)=Cc2ccc(N(C)C)o2)sc(C(N)=O)c1C. The van der Waals surface area contributed by atoms with Gasteiger partial charge in [-0.2, -0.15) is 5.26 Å². The molecule has 10 heteroatoms. The highest BCUT2D eigenvalue weighted by Crippen LogP contribution is 2.33. The molecule has 2 aromatic heterocycles. The number of ether oxygens (including phenoxy) is 1. The average Bonchev–Trinajstić information content (AvgIpc) is 3.23. The summed E-state index contributed by atoms with van der Waals surface area (Å²) in [6.07, 6.45) is 1.27. The molecule has 0 fully saturated rings. The van der Waals surface area contributed by atoms with E-state index in [1.54, 1.807) is 37.2 Å². The molecule has 2 heterocycles. The Bertz CT molecular complexity index is 1010. The fraction of sp³-hybridized carbons (Fsp3) is 0.222. The predicted octanol–water partition coefficient (Wildman–Crippen LogP) is 2.15. The van der Waals surface area contributed by atoms with Crippen LogP contribution in [0.1, 0.15) is 31.4 Å². The van der Waals surface area contributed by atoms with E-state index in [1.165, 1.54) is 20.1 Å². The van der Waals surface area contributed by atoms with Crippen LogP contribution in [0.15, 0.2) is 22.1 Å². The molecular weight excluding hydrogens is 384 g/mol. The monoisotopic (exact) mass is 402 g/mol. The van der Waals surface area contributed by atoms with Crippen LogP contribution in [-0.2, 0) is 9.53 Å². The van der Waals surface area contributed by atoms with Gasteiger partial charge in [-0.05, 0) is 18.6 Å². The number of thiophene rings is 1. The van der Waals surface area contributed by atoms with E-state index in [1.807, 2.05) is 0 Å². The third-order valence-electron chi connectivity index (χ3n) is 3.69. The van der Waals surface area contributed by atoms with Gasteiger partial charge in [0.2, 0.25) is 0 Å². The second-order valence-electron chi connectivity index (χ2n) is 5.81. The van der Waals surface area contributed by atoms with Gasteiger partial charge < -0.3 is 25.1 Å². The third kappa shape index (κ3) is 4.21. The van der Waals surface area contributed by atoms with Gasteiger partial charge in [0.05, 0.1) is 17.6 Å². The second-order valence-corrected chi connectivity index (χ2v) is 6.83. The summed E-state index contributed by atoms with van der Waals surface area (Å²) in [4.78, 5) is 38.0. The maximum atomic E-state index is 12.5. The van der Waals surface area contributed by atoms with Gasteiger partial charge >= 0.3 is 5.97 Å². The molecule has 2 rings (SSSR count). The van der Waals surface area contributed by atoms with E-state index in [-0.39, 0.29) is 21.0 Å². The van der Waals surface area contributed by atoms with Crippen LogP contribution in [0.3, 0.4) is 0 Å². The van der Waals surface area contributed by atoms with Crippen molar-refractivity contribution in [2.24, 2.45) is 5.73 Å². The van der Waals surface area contributed by atoms with Gasteiger partial charge in [0, 0.05) is 26.2 Å². The van der Waals surface area contributed by atoms with Gasteiger partial charge in [0.1, 0.15) is 22.4 Å². The van der Waals surface area contributed by atoms with Gasteiger partial charge in [0.25, 0.3) is 11.8 Å². The van der Waals surface area contributed by atoms with Crippen LogP contribution >= 0.6 is 11.3 Å². The van der Waals surface area contributed by atoms with Crippen LogP contribution in [-0.4, -0.2) is 39.0 Å². The molecule has 0 unspecified atom stereocenters. The number of esters is 1. The van der Waals surface area contributed by atoms with Crippen molar-refractivity contribution in [2.45, 2.75) is 6.92 Å². The lowest BCUT2D eigenvalue weighted by Crippen LogP contribution is -2.15. The molecule has 0 bridgehead atoms. The molecule has 0 aromatic carbocycles. The van der Waals surface area contributed by atoms with Crippen LogP contribution in [0.2, 0.25) is 0 Å². The molecule has 0 spiro atoms. The number of primary amides is 1. The first-order valence-corrected chi connectivity index (χ1v) is 8.73. The van der Waals surface area contributed by atoms with Crippen LogP contribution in [0.4, 0.5) is 10.9 Å². The third-order valence-corrected chi connectivity index (χ3v) is 4.91. The highest BCUT2D eigenvalue weighted by Gasteiger charge is 2.26. The summed E-state index contributed by atoms with van der Waals surface area (Å²) >= 11 is 0.834. The number of hydrogen-bond donors (Lipinski definition) is 2. The minimum Gasteiger partial charge on any atom is -0.465 e. The zero-order chi connectivity index (χ0) is 21.0. The summed E-state index contributed by atoms with van der Waals surface area (Å²) in [6, 6.07) is 5.09. The molecule has 28 heavy (non-hydrogen) atoms. The van der Waals surface area contributed by atoms with Crippen LogP contribution in [0.5, 0.6) is 0 Å². The average molecular weight is 402 g/mol. The lowest BCUT2D eigenvalue weighted by molar-refractivity contribution is -0.112. The number of furan rings is 1. The van der Waals surface area contributed by atoms with Crippen molar-refractivity contribution in [1.82, 2.24) is 0 Å². The number of methoxy groups -OCH3 is 1. The largest absolute Gasteiger partial charge is 0.465 e. The first kappa shape index (κ1) is 20.7. The second kappa shape index (κ2) is 8.41. The number of nitrogens with zero attached hydrogens (tertiary/aromatic N) is 2. The molecule has 0 radical (unpaired) electrons. The van der Waals surface area contributed by atoms with E-state index < -0.39 is 17.8 Å².